The monoisotopic (exact) mass is 182 g/mol. The predicted molar refractivity (Wildman–Crippen MR) is 50.2 cm³/mol. The Hall–Kier alpha value is -0.530. The van der Waals surface area contributed by atoms with Gasteiger partial charge in [-0.1, -0.05) is 13.8 Å². The zero-order valence-electron chi connectivity index (χ0n) is 8.45. The van der Waals surface area contributed by atoms with Gasteiger partial charge in [0.05, 0.1) is 0 Å². The number of hydrogen-bond acceptors (Lipinski definition) is 2. The van der Waals surface area contributed by atoms with Gasteiger partial charge in [-0.2, -0.15) is 0 Å². The Morgan fingerprint density at radius 3 is 2.85 bits per heavy atom. The average molecular weight is 182 g/mol. The van der Waals surface area contributed by atoms with Crippen molar-refractivity contribution in [2.24, 2.45) is 17.8 Å². The second-order valence-electron chi connectivity index (χ2n) is 4.78. The largest absolute Gasteiger partial charge is 0.462 e. The smallest absolute Gasteiger partial charge is 0.306 e. The zero-order chi connectivity index (χ0) is 9.42. The molecule has 0 aromatic heterocycles. The van der Waals surface area contributed by atoms with E-state index in [1.54, 1.807) is 0 Å². The fourth-order valence-corrected chi connectivity index (χ4v) is 2.96. The van der Waals surface area contributed by atoms with Gasteiger partial charge in [-0.05, 0) is 37.0 Å². The van der Waals surface area contributed by atoms with E-state index in [0.717, 1.165) is 24.7 Å². The van der Waals surface area contributed by atoms with Gasteiger partial charge in [0.1, 0.15) is 6.10 Å². The summed E-state index contributed by atoms with van der Waals surface area (Å²) in [6, 6.07) is 0. The van der Waals surface area contributed by atoms with Crippen molar-refractivity contribution in [2.75, 3.05) is 0 Å². The lowest BCUT2D eigenvalue weighted by Crippen LogP contribution is -2.41. The molecule has 2 aliphatic rings. The SMILES string of the molecule is CC1CC(C)C2CCC(=O)OC2C1. The van der Waals surface area contributed by atoms with Gasteiger partial charge < -0.3 is 4.74 Å². The molecule has 0 bridgehead atoms. The molecule has 1 saturated heterocycles. The lowest BCUT2D eigenvalue weighted by molar-refractivity contribution is -0.164. The van der Waals surface area contributed by atoms with E-state index in [9.17, 15) is 4.79 Å². The number of ether oxygens (including phenoxy) is 1. The number of carbonyl (C=O) groups excluding carboxylic acids is 1. The summed E-state index contributed by atoms with van der Waals surface area (Å²) < 4.78 is 5.39. The average Bonchev–Trinajstić information content (AvgIpc) is 2.02. The summed E-state index contributed by atoms with van der Waals surface area (Å²) in [4.78, 5) is 11.1. The first-order valence-electron chi connectivity index (χ1n) is 5.36. The molecule has 1 aliphatic carbocycles. The zero-order valence-corrected chi connectivity index (χ0v) is 8.45. The Balaban J connectivity index is 2.06. The molecule has 0 aromatic rings. The minimum absolute atomic E-state index is 0.0163. The van der Waals surface area contributed by atoms with Crippen LogP contribution in [-0.4, -0.2) is 12.1 Å². The molecule has 1 aliphatic heterocycles. The predicted octanol–water partition coefficient (Wildman–Crippen LogP) is 2.37. The normalized spacial score (nSPS) is 45.2. The number of rotatable bonds is 0. The Labute approximate surface area is 79.7 Å². The molecule has 4 unspecified atom stereocenters. The van der Waals surface area contributed by atoms with Crippen molar-refractivity contribution < 1.29 is 9.53 Å². The quantitative estimate of drug-likeness (QED) is 0.538. The van der Waals surface area contributed by atoms with Crippen molar-refractivity contribution in [1.82, 2.24) is 0 Å². The van der Waals surface area contributed by atoms with Crippen LogP contribution < -0.4 is 0 Å². The summed E-state index contributed by atoms with van der Waals surface area (Å²) in [6.45, 7) is 4.56. The molecule has 1 saturated carbocycles. The molecule has 13 heavy (non-hydrogen) atoms. The molecule has 0 amide bonds. The second kappa shape index (κ2) is 3.32. The van der Waals surface area contributed by atoms with Gasteiger partial charge in [0.15, 0.2) is 0 Å². The fraction of sp³-hybridized carbons (Fsp3) is 0.909. The van der Waals surface area contributed by atoms with Crippen LogP contribution in [-0.2, 0) is 9.53 Å². The molecular formula is C11H18O2. The van der Waals surface area contributed by atoms with E-state index in [2.05, 4.69) is 13.8 Å². The first-order chi connectivity index (χ1) is 6.16. The molecule has 0 radical (unpaired) electrons. The maximum absolute atomic E-state index is 11.1. The van der Waals surface area contributed by atoms with Crippen LogP contribution in [0, 0.1) is 17.8 Å². The van der Waals surface area contributed by atoms with Crippen LogP contribution in [0.2, 0.25) is 0 Å². The van der Waals surface area contributed by atoms with Crippen LogP contribution in [0.1, 0.15) is 39.5 Å². The van der Waals surface area contributed by atoms with Gasteiger partial charge in [0, 0.05) is 6.42 Å². The van der Waals surface area contributed by atoms with E-state index < -0.39 is 0 Å². The molecule has 74 valence electrons. The van der Waals surface area contributed by atoms with Gasteiger partial charge in [-0.3, -0.25) is 4.79 Å². The third-order valence-corrected chi connectivity index (χ3v) is 3.58. The lowest BCUT2D eigenvalue weighted by Gasteiger charge is -2.41. The van der Waals surface area contributed by atoms with Crippen LogP contribution >= 0.6 is 0 Å². The van der Waals surface area contributed by atoms with Gasteiger partial charge in [0.2, 0.25) is 0 Å². The third-order valence-electron chi connectivity index (χ3n) is 3.58. The maximum atomic E-state index is 11.1. The Kier molecular flexibility index (Phi) is 2.31. The van der Waals surface area contributed by atoms with Crippen molar-refractivity contribution in [3.05, 3.63) is 0 Å². The maximum Gasteiger partial charge on any atom is 0.306 e. The number of fused-ring (bicyclic) bond motifs is 1. The first kappa shape index (κ1) is 9.04. The van der Waals surface area contributed by atoms with Crippen molar-refractivity contribution in [3.8, 4) is 0 Å². The van der Waals surface area contributed by atoms with E-state index in [0.29, 0.717) is 12.3 Å². The minimum atomic E-state index is 0.0163. The van der Waals surface area contributed by atoms with Crippen LogP contribution in [0.4, 0.5) is 0 Å². The molecule has 0 N–H and O–H groups in total. The van der Waals surface area contributed by atoms with Gasteiger partial charge >= 0.3 is 5.97 Å². The Bertz CT molecular complexity index is 212. The highest BCUT2D eigenvalue weighted by molar-refractivity contribution is 5.70. The fourth-order valence-electron chi connectivity index (χ4n) is 2.96. The van der Waals surface area contributed by atoms with Gasteiger partial charge in [-0.15, -0.1) is 0 Å². The molecule has 0 spiro atoms. The number of esters is 1. The summed E-state index contributed by atoms with van der Waals surface area (Å²) in [5.41, 5.74) is 0. The summed E-state index contributed by atoms with van der Waals surface area (Å²) >= 11 is 0. The molecule has 2 heteroatoms. The van der Waals surface area contributed by atoms with Crippen LogP contribution in [0.5, 0.6) is 0 Å². The Morgan fingerprint density at radius 1 is 1.31 bits per heavy atom. The lowest BCUT2D eigenvalue weighted by atomic mass is 9.71. The standard InChI is InChI=1S/C11H18O2/c1-7-5-8(2)9-3-4-11(12)13-10(9)6-7/h7-10H,3-6H2,1-2H3. The van der Waals surface area contributed by atoms with Gasteiger partial charge in [-0.25, -0.2) is 0 Å². The van der Waals surface area contributed by atoms with Crippen molar-refractivity contribution in [3.63, 3.8) is 0 Å². The molecular weight excluding hydrogens is 164 g/mol. The third kappa shape index (κ3) is 1.72. The Morgan fingerprint density at radius 2 is 2.08 bits per heavy atom. The van der Waals surface area contributed by atoms with Crippen LogP contribution in [0.15, 0.2) is 0 Å². The summed E-state index contributed by atoms with van der Waals surface area (Å²) in [5.74, 6) is 2.13. The molecule has 1 heterocycles. The molecule has 2 rings (SSSR count). The van der Waals surface area contributed by atoms with Crippen LogP contribution in [0.3, 0.4) is 0 Å². The number of hydrogen-bond donors (Lipinski definition) is 0. The van der Waals surface area contributed by atoms with Gasteiger partial charge in [0.25, 0.3) is 0 Å². The van der Waals surface area contributed by atoms with Crippen molar-refractivity contribution in [2.45, 2.75) is 45.6 Å². The van der Waals surface area contributed by atoms with Crippen molar-refractivity contribution in [1.29, 1.82) is 0 Å². The van der Waals surface area contributed by atoms with E-state index in [1.165, 1.54) is 6.42 Å². The molecule has 2 fully saturated rings. The number of carbonyl (C=O) groups is 1. The van der Waals surface area contributed by atoms with E-state index >= 15 is 0 Å². The highest BCUT2D eigenvalue weighted by Crippen LogP contribution is 2.40. The minimum Gasteiger partial charge on any atom is -0.462 e. The van der Waals surface area contributed by atoms with Crippen LogP contribution in [0.25, 0.3) is 0 Å². The summed E-state index contributed by atoms with van der Waals surface area (Å²) in [5, 5.41) is 0. The van der Waals surface area contributed by atoms with E-state index in [1.807, 2.05) is 0 Å². The summed E-state index contributed by atoms with van der Waals surface area (Å²) in [7, 11) is 0. The highest BCUT2D eigenvalue weighted by atomic mass is 16.5. The van der Waals surface area contributed by atoms with E-state index in [-0.39, 0.29) is 12.1 Å². The molecule has 0 aromatic carbocycles. The first-order valence-corrected chi connectivity index (χ1v) is 5.36. The second-order valence-corrected chi connectivity index (χ2v) is 4.78. The van der Waals surface area contributed by atoms with Crippen molar-refractivity contribution >= 4 is 5.97 Å². The summed E-state index contributed by atoms with van der Waals surface area (Å²) in [6.07, 6.45) is 4.32. The molecule has 2 nitrogen and oxygen atoms in total. The van der Waals surface area contributed by atoms with E-state index in [4.69, 9.17) is 4.74 Å². The topological polar surface area (TPSA) is 26.3 Å². The highest BCUT2D eigenvalue weighted by Gasteiger charge is 2.39. The molecule has 4 atom stereocenters.